The Morgan fingerprint density at radius 1 is 1.06 bits per heavy atom. The molecule has 0 unspecified atom stereocenters. The molecule has 0 bridgehead atoms. The molecule has 0 aliphatic heterocycles. The van der Waals surface area contributed by atoms with Crippen LogP contribution in [0, 0.1) is 0 Å². The van der Waals surface area contributed by atoms with Crippen LogP contribution in [0.2, 0.25) is 0 Å². The van der Waals surface area contributed by atoms with Crippen molar-refractivity contribution in [3.05, 3.63) is 54.1 Å². The van der Waals surface area contributed by atoms with Crippen molar-refractivity contribution in [2.75, 3.05) is 7.11 Å². The minimum absolute atomic E-state index is 0.892. The summed E-state index contributed by atoms with van der Waals surface area (Å²) in [7, 11) is 1.68. The van der Waals surface area contributed by atoms with Crippen LogP contribution < -0.4 is 4.74 Å². The van der Waals surface area contributed by atoms with E-state index >= 15 is 0 Å². The molecule has 0 N–H and O–H groups in total. The van der Waals surface area contributed by atoms with E-state index in [4.69, 9.17) is 4.74 Å². The zero-order valence-electron chi connectivity index (χ0n) is 9.26. The molecule has 0 radical (unpaired) electrons. The minimum atomic E-state index is 0.892. The highest BCUT2D eigenvalue weighted by molar-refractivity contribution is 5.27. The Bertz CT molecular complexity index is 425. The fourth-order valence-corrected chi connectivity index (χ4v) is 1.52. The van der Waals surface area contributed by atoms with Gasteiger partial charge in [0.2, 0.25) is 0 Å². The molecule has 0 atom stereocenters. The second-order valence-electron chi connectivity index (χ2n) is 3.54. The van der Waals surface area contributed by atoms with Gasteiger partial charge in [-0.2, -0.15) is 0 Å². The molecule has 0 amide bonds. The number of hydrogen-bond acceptors (Lipinski definition) is 3. The molecule has 2 rings (SSSR count). The maximum absolute atomic E-state index is 5.11. The van der Waals surface area contributed by atoms with Crippen LogP contribution in [0.15, 0.2) is 42.9 Å². The summed E-state index contributed by atoms with van der Waals surface area (Å²) in [6.45, 7) is 0. The Balaban J connectivity index is 1.94. The first-order chi connectivity index (χ1) is 7.88. The first-order valence-electron chi connectivity index (χ1n) is 5.26. The minimum Gasteiger partial charge on any atom is -0.497 e. The van der Waals surface area contributed by atoms with Crippen molar-refractivity contribution in [2.45, 2.75) is 12.8 Å². The molecule has 0 aliphatic rings. The molecule has 3 nitrogen and oxygen atoms in total. The monoisotopic (exact) mass is 214 g/mol. The quantitative estimate of drug-likeness (QED) is 0.783. The summed E-state index contributed by atoms with van der Waals surface area (Å²) < 4.78 is 5.11. The summed E-state index contributed by atoms with van der Waals surface area (Å²) in [4.78, 5) is 8.28. The molecule has 16 heavy (non-hydrogen) atoms. The van der Waals surface area contributed by atoms with Crippen LogP contribution in [-0.4, -0.2) is 17.1 Å². The molecule has 82 valence electrons. The van der Waals surface area contributed by atoms with E-state index in [1.165, 1.54) is 5.56 Å². The number of aromatic nitrogens is 2. The Morgan fingerprint density at radius 3 is 2.50 bits per heavy atom. The van der Waals surface area contributed by atoms with Gasteiger partial charge in [0, 0.05) is 18.6 Å². The predicted molar refractivity (Wildman–Crippen MR) is 62.4 cm³/mol. The van der Waals surface area contributed by atoms with E-state index in [1.54, 1.807) is 19.5 Å². The summed E-state index contributed by atoms with van der Waals surface area (Å²) >= 11 is 0. The molecule has 0 aliphatic carbocycles. The number of hydrogen-bond donors (Lipinski definition) is 0. The van der Waals surface area contributed by atoms with E-state index in [0.717, 1.165) is 24.3 Å². The summed E-state index contributed by atoms with van der Waals surface area (Å²) in [5.41, 5.74) is 2.31. The second-order valence-corrected chi connectivity index (χ2v) is 3.54. The second kappa shape index (κ2) is 5.26. The summed E-state index contributed by atoms with van der Waals surface area (Å²) in [5, 5.41) is 0. The van der Waals surface area contributed by atoms with Crippen molar-refractivity contribution < 1.29 is 4.74 Å². The van der Waals surface area contributed by atoms with E-state index in [1.807, 2.05) is 18.3 Å². The van der Waals surface area contributed by atoms with E-state index in [2.05, 4.69) is 22.1 Å². The van der Waals surface area contributed by atoms with Gasteiger partial charge in [-0.3, -0.25) is 9.97 Å². The molecule has 1 aromatic carbocycles. The van der Waals surface area contributed by atoms with Crippen LogP contribution >= 0.6 is 0 Å². The van der Waals surface area contributed by atoms with Gasteiger partial charge in [0.05, 0.1) is 12.8 Å². The first kappa shape index (κ1) is 10.6. The van der Waals surface area contributed by atoms with Gasteiger partial charge in [0.25, 0.3) is 0 Å². The first-order valence-corrected chi connectivity index (χ1v) is 5.26. The fourth-order valence-electron chi connectivity index (χ4n) is 1.52. The van der Waals surface area contributed by atoms with Crippen molar-refractivity contribution in [1.82, 2.24) is 9.97 Å². The average molecular weight is 214 g/mol. The van der Waals surface area contributed by atoms with Gasteiger partial charge >= 0.3 is 0 Å². The molecule has 0 saturated heterocycles. The normalized spacial score (nSPS) is 10.1. The van der Waals surface area contributed by atoms with Crippen LogP contribution in [0.5, 0.6) is 5.75 Å². The lowest BCUT2D eigenvalue weighted by molar-refractivity contribution is 0.414. The van der Waals surface area contributed by atoms with Crippen molar-refractivity contribution in [2.24, 2.45) is 0 Å². The zero-order chi connectivity index (χ0) is 11.2. The van der Waals surface area contributed by atoms with Crippen molar-refractivity contribution >= 4 is 0 Å². The molecule has 0 saturated carbocycles. The average Bonchev–Trinajstić information content (AvgIpc) is 2.38. The molecular formula is C13H14N2O. The third-order valence-electron chi connectivity index (χ3n) is 2.45. The van der Waals surface area contributed by atoms with E-state index < -0.39 is 0 Å². The molecular weight excluding hydrogens is 200 g/mol. The van der Waals surface area contributed by atoms with Crippen LogP contribution in [0.3, 0.4) is 0 Å². The highest BCUT2D eigenvalue weighted by atomic mass is 16.5. The predicted octanol–water partition coefficient (Wildman–Crippen LogP) is 2.27. The SMILES string of the molecule is COc1ccc(CCc2cnccn2)cc1. The maximum atomic E-state index is 5.11. The number of methoxy groups -OCH3 is 1. The number of nitrogens with zero attached hydrogens (tertiary/aromatic N) is 2. The standard InChI is InChI=1S/C13H14N2O/c1-16-13-6-3-11(4-7-13)2-5-12-10-14-8-9-15-12/h3-4,6-10H,2,5H2,1H3. The van der Waals surface area contributed by atoms with Crippen LogP contribution in [0.1, 0.15) is 11.3 Å². The third kappa shape index (κ3) is 2.79. The lowest BCUT2D eigenvalue weighted by Crippen LogP contribution is -1.94. The van der Waals surface area contributed by atoms with Gasteiger partial charge < -0.3 is 4.74 Å². The Labute approximate surface area is 95.1 Å². The zero-order valence-corrected chi connectivity index (χ0v) is 9.26. The smallest absolute Gasteiger partial charge is 0.118 e. The number of benzene rings is 1. The van der Waals surface area contributed by atoms with Gasteiger partial charge in [0.1, 0.15) is 5.75 Å². The summed E-state index contributed by atoms with van der Waals surface area (Å²) in [6.07, 6.45) is 7.12. The van der Waals surface area contributed by atoms with Gasteiger partial charge in [-0.1, -0.05) is 12.1 Å². The summed E-state index contributed by atoms with van der Waals surface area (Å²) in [5.74, 6) is 0.892. The van der Waals surface area contributed by atoms with Gasteiger partial charge in [-0.25, -0.2) is 0 Å². The number of aryl methyl sites for hydroxylation is 2. The Kier molecular flexibility index (Phi) is 3.49. The number of rotatable bonds is 4. The summed E-state index contributed by atoms with van der Waals surface area (Å²) in [6, 6.07) is 8.11. The van der Waals surface area contributed by atoms with Gasteiger partial charge in [-0.05, 0) is 30.5 Å². The Hall–Kier alpha value is -1.90. The van der Waals surface area contributed by atoms with Crippen molar-refractivity contribution in [3.63, 3.8) is 0 Å². The largest absolute Gasteiger partial charge is 0.497 e. The van der Waals surface area contributed by atoms with Gasteiger partial charge in [-0.15, -0.1) is 0 Å². The lowest BCUT2D eigenvalue weighted by Gasteiger charge is -2.03. The highest BCUT2D eigenvalue weighted by Crippen LogP contribution is 2.12. The molecule has 0 spiro atoms. The van der Waals surface area contributed by atoms with Crippen LogP contribution in [0.4, 0.5) is 0 Å². The molecule has 0 fully saturated rings. The molecule has 2 aromatic rings. The van der Waals surface area contributed by atoms with E-state index in [-0.39, 0.29) is 0 Å². The van der Waals surface area contributed by atoms with Gasteiger partial charge in [0.15, 0.2) is 0 Å². The van der Waals surface area contributed by atoms with Crippen molar-refractivity contribution in [3.8, 4) is 5.75 Å². The molecule has 1 aromatic heterocycles. The fraction of sp³-hybridized carbons (Fsp3) is 0.231. The molecule has 3 heteroatoms. The maximum Gasteiger partial charge on any atom is 0.118 e. The van der Waals surface area contributed by atoms with E-state index in [9.17, 15) is 0 Å². The lowest BCUT2D eigenvalue weighted by atomic mass is 10.1. The third-order valence-corrected chi connectivity index (χ3v) is 2.45. The topological polar surface area (TPSA) is 35.0 Å². The van der Waals surface area contributed by atoms with Crippen molar-refractivity contribution in [1.29, 1.82) is 0 Å². The highest BCUT2D eigenvalue weighted by Gasteiger charge is 1.97. The van der Waals surface area contributed by atoms with Crippen LogP contribution in [0.25, 0.3) is 0 Å². The van der Waals surface area contributed by atoms with Crippen LogP contribution in [-0.2, 0) is 12.8 Å². The Morgan fingerprint density at radius 2 is 1.88 bits per heavy atom. The number of ether oxygens (including phenoxy) is 1. The van der Waals surface area contributed by atoms with E-state index in [0.29, 0.717) is 0 Å². The molecule has 1 heterocycles.